The summed E-state index contributed by atoms with van der Waals surface area (Å²) in [6.07, 6.45) is 5.46. The molecule has 3 aliphatic rings. The molecule has 2 amide bonds. The van der Waals surface area contributed by atoms with E-state index in [0.29, 0.717) is 32.2 Å². The quantitative estimate of drug-likeness (QED) is 0.257. The fourth-order valence-electron chi connectivity index (χ4n) is 6.46. The predicted octanol–water partition coefficient (Wildman–Crippen LogP) is 2.70. The van der Waals surface area contributed by atoms with Gasteiger partial charge >= 0.3 is 5.97 Å². The van der Waals surface area contributed by atoms with Gasteiger partial charge in [-0.15, -0.1) is 13.2 Å². The number of fused-ring (bicyclic) bond motifs is 1. The number of nitrogens with zero attached hydrogens (tertiary/aromatic N) is 2. The molecular weight excluding hydrogens is 448 g/mol. The van der Waals surface area contributed by atoms with E-state index < -0.39 is 41.1 Å². The summed E-state index contributed by atoms with van der Waals surface area (Å²) in [7, 11) is 0. The molecule has 2 bridgehead atoms. The minimum absolute atomic E-state index is 0.100. The summed E-state index contributed by atoms with van der Waals surface area (Å²) in [5, 5.41) is 10.3. The zero-order chi connectivity index (χ0) is 26.1. The molecule has 3 aliphatic heterocycles. The molecule has 35 heavy (non-hydrogen) atoms. The van der Waals surface area contributed by atoms with Crippen molar-refractivity contribution in [3.05, 3.63) is 25.3 Å². The Hall–Kier alpha value is -2.19. The van der Waals surface area contributed by atoms with Crippen molar-refractivity contribution >= 4 is 17.8 Å². The Balaban J connectivity index is 2.14. The van der Waals surface area contributed by atoms with Crippen LogP contribution in [0, 0.1) is 17.8 Å². The minimum Gasteiger partial charge on any atom is -0.465 e. The molecule has 1 N–H and O–H groups in total. The number of likely N-dealkylation sites (tertiary alicyclic amines) is 1. The van der Waals surface area contributed by atoms with Crippen LogP contribution < -0.4 is 0 Å². The van der Waals surface area contributed by atoms with Gasteiger partial charge in [-0.05, 0) is 45.4 Å². The molecule has 0 radical (unpaired) electrons. The van der Waals surface area contributed by atoms with E-state index >= 15 is 0 Å². The number of aliphatic hydroxyl groups excluding tert-OH is 1. The van der Waals surface area contributed by atoms with E-state index in [0.717, 1.165) is 0 Å². The average molecular weight is 491 g/mol. The van der Waals surface area contributed by atoms with Gasteiger partial charge in [0.05, 0.1) is 30.8 Å². The molecule has 0 aliphatic carbocycles. The van der Waals surface area contributed by atoms with E-state index in [4.69, 9.17) is 9.47 Å². The molecule has 1 spiro atoms. The third-order valence-electron chi connectivity index (χ3n) is 8.22. The molecule has 3 saturated heterocycles. The number of aliphatic hydroxyl groups is 1. The van der Waals surface area contributed by atoms with Gasteiger partial charge in [0, 0.05) is 12.6 Å². The highest BCUT2D eigenvalue weighted by molar-refractivity contribution is 5.99. The molecule has 0 aromatic heterocycles. The fraction of sp³-hybridized carbons (Fsp3) is 0.741. The van der Waals surface area contributed by atoms with Crippen LogP contribution in [0.25, 0.3) is 0 Å². The zero-order valence-electron chi connectivity index (χ0n) is 21.9. The highest BCUT2D eigenvalue weighted by Gasteiger charge is 2.79. The van der Waals surface area contributed by atoms with Crippen molar-refractivity contribution < 1.29 is 29.0 Å². The Labute approximate surface area is 209 Å². The molecule has 196 valence electrons. The lowest BCUT2D eigenvalue weighted by Crippen LogP contribution is -2.60. The summed E-state index contributed by atoms with van der Waals surface area (Å²) in [6, 6.07) is -1.63. The van der Waals surface area contributed by atoms with Gasteiger partial charge in [-0.3, -0.25) is 14.4 Å². The van der Waals surface area contributed by atoms with Crippen LogP contribution in [-0.4, -0.2) is 81.8 Å². The van der Waals surface area contributed by atoms with Gasteiger partial charge in [0.25, 0.3) is 0 Å². The molecule has 8 heteroatoms. The van der Waals surface area contributed by atoms with E-state index in [2.05, 4.69) is 13.2 Å². The fourth-order valence-corrected chi connectivity index (χ4v) is 6.46. The van der Waals surface area contributed by atoms with Crippen LogP contribution in [0.3, 0.4) is 0 Å². The first kappa shape index (κ1) is 27.4. The van der Waals surface area contributed by atoms with E-state index in [1.54, 1.807) is 17.1 Å². The van der Waals surface area contributed by atoms with Crippen LogP contribution in [0.2, 0.25) is 0 Å². The number of hydrogen-bond acceptors (Lipinski definition) is 6. The highest BCUT2D eigenvalue weighted by atomic mass is 16.6. The number of esters is 1. The second kappa shape index (κ2) is 10.4. The summed E-state index contributed by atoms with van der Waals surface area (Å²) >= 11 is 0. The second-order valence-electron chi connectivity index (χ2n) is 10.7. The normalized spacial score (nSPS) is 32.2. The lowest BCUT2D eigenvalue weighted by molar-refractivity contribution is -0.164. The third kappa shape index (κ3) is 4.22. The molecule has 3 heterocycles. The highest BCUT2D eigenvalue weighted by Crippen LogP contribution is 2.65. The number of carbonyl (C=O) groups is 3. The maximum atomic E-state index is 14.2. The summed E-state index contributed by atoms with van der Waals surface area (Å²) in [5.74, 6) is -2.72. The molecule has 3 rings (SSSR count). The molecule has 6 atom stereocenters. The van der Waals surface area contributed by atoms with Crippen molar-refractivity contribution in [2.75, 3.05) is 19.8 Å². The van der Waals surface area contributed by atoms with Crippen molar-refractivity contribution in [1.82, 2.24) is 9.80 Å². The Morgan fingerprint density at radius 1 is 1.26 bits per heavy atom. The van der Waals surface area contributed by atoms with Crippen LogP contribution in [0.5, 0.6) is 0 Å². The largest absolute Gasteiger partial charge is 0.465 e. The molecule has 3 fully saturated rings. The Bertz CT molecular complexity index is 857. The van der Waals surface area contributed by atoms with E-state index in [1.165, 1.54) is 4.90 Å². The van der Waals surface area contributed by atoms with Gasteiger partial charge in [0.2, 0.25) is 11.8 Å². The monoisotopic (exact) mass is 490 g/mol. The van der Waals surface area contributed by atoms with Gasteiger partial charge < -0.3 is 24.4 Å². The van der Waals surface area contributed by atoms with Crippen LogP contribution in [0.4, 0.5) is 0 Å². The van der Waals surface area contributed by atoms with Crippen molar-refractivity contribution in [1.29, 1.82) is 0 Å². The summed E-state index contributed by atoms with van der Waals surface area (Å²) in [6.45, 7) is 17.3. The first-order valence-electron chi connectivity index (χ1n) is 12.9. The van der Waals surface area contributed by atoms with Crippen molar-refractivity contribution in [2.45, 2.75) is 89.6 Å². The van der Waals surface area contributed by atoms with Crippen LogP contribution in [0.15, 0.2) is 25.3 Å². The summed E-state index contributed by atoms with van der Waals surface area (Å²) in [4.78, 5) is 45.0. The van der Waals surface area contributed by atoms with Gasteiger partial charge in [-0.25, -0.2) is 0 Å². The molecule has 0 saturated carbocycles. The van der Waals surface area contributed by atoms with E-state index in [1.807, 2.05) is 34.6 Å². The van der Waals surface area contributed by atoms with Crippen molar-refractivity contribution in [3.63, 3.8) is 0 Å². The first-order valence-corrected chi connectivity index (χ1v) is 12.9. The van der Waals surface area contributed by atoms with Crippen molar-refractivity contribution in [3.8, 4) is 0 Å². The minimum atomic E-state index is -1.14. The number of hydrogen-bond donors (Lipinski definition) is 1. The molecule has 2 unspecified atom stereocenters. The molecule has 0 aromatic carbocycles. The van der Waals surface area contributed by atoms with Crippen LogP contribution >= 0.6 is 0 Å². The van der Waals surface area contributed by atoms with Crippen molar-refractivity contribution in [2.24, 2.45) is 17.8 Å². The predicted molar refractivity (Wildman–Crippen MR) is 132 cm³/mol. The van der Waals surface area contributed by atoms with Crippen LogP contribution in [-0.2, 0) is 23.9 Å². The Morgan fingerprint density at radius 2 is 1.94 bits per heavy atom. The first-order chi connectivity index (χ1) is 16.6. The van der Waals surface area contributed by atoms with E-state index in [9.17, 15) is 19.5 Å². The lowest BCUT2D eigenvalue weighted by Gasteiger charge is -2.41. The van der Waals surface area contributed by atoms with Gasteiger partial charge in [0.1, 0.15) is 17.6 Å². The third-order valence-corrected chi connectivity index (χ3v) is 8.22. The molecular formula is C27H42N2O6. The Kier molecular flexibility index (Phi) is 8.16. The number of amides is 2. The number of carbonyl (C=O) groups excluding carboxylic acids is 3. The molecule has 8 nitrogen and oxygen atoms in total. The summed E-state index contributed by atoms with van der Waals surface area (Å²) in [5.41, 5.74) is -1.98. The standard InChI is InChI=1S/C27H42N2O6/c1-8-11-15-34-25(33)21-20-23(31)29(19(16-30)17(4)5)22(24(32)28(14-9-2)18(6)7)27(20)13-12-26(21,10-3)35-27/h8-9,17-22,30H,1-2,10-16H2,3-7H3/t19-,20-,21+,22?,26-,27?/m0/s1. The second-order valence-corrected chi connectivity index (χ2v) is 10.7. The van der Waals surface area contributed by atoms with Gasteiger partial charge in [0.15, 0.2) is 0 Å². The maximum absolute atomic E-state index is 14.2. The lowest BCUT2D eigenvalue weighted by atomic mass is 9.65. The zero-order valence-corrected chi connectivity index (χ0v) is 21.9. The van der Waals surface area contributed by atoms with Gasteiger partial charge in [-0.1, -0.05) is 32.9 Å². The topological polar surface area (TPSA) is 96.4 Å². The summed E-state index contributed by atoms with van der Waals surface area (Å²) < 4.78 is 12.3. The average Bonchev–Trinajstić information content (AvgIpc) is 3.41. The number of rotatable bonds is 12. The Morgan fingerprint density at radius 3 is 2.46 bits per heavy atom. The van der Waals surface area contributed by atoms with Crippen LogP contribution in [0.1, 0.15) is 60.3 Å². The number of ether oxygens (including phenoxy) is 2. The van der Waals surface area contributed by atoms with Gasteiger partial charge in [-0.2, -0.15) is 0 Å². The maximum Gasteiger partial charge on any atom is 0.312 e. The SMILES string of the molecule is C=CCCOC(=O)[C@H]1[C@H]2C(=O)N([C@@H](CO)C(C)C)C(C(=O)N(CC=C)C(C)C)C23CC[C@]1(CC)O3. The molecule has 0 aromatic rings. The smallest absolute Gasteiger partial charge is 0.312 e. The van der Waals surface area contributed by atoms with E-state index in [-0.39, 0.29) is 37.0 Å².